The van der Waals surface area contributed by atoms with E-state index in [-0.39, 0.29) is 12.0 Å². The molecule has 0 radical (unpaired) electrons. The van der Waals surface area contributed by atoms with E-state index in [1.54, 1.807) is 12.1 Å². The number of ether oxygens (including phenoxy) is 1. The molecule has 3 aromatic rings. The van der Waals surface area contributed by atoms with Gasteiger partial charge in [-0.15, -0.1) is 0 Å². The minimum atomic E-state index is -0.0792. The lowest BCUT2D eigenvalue weighted by Crippen LogP contribution is -2.20. The number of aromatic nitrogens is 4. The molecule has 2 fully saturated rings. The molecule has 5 rings (SSSR count). The van der Waals surface area contributed by atoms with E-state index in [0.717, 1.165) is 72.2 Å². The SMILES string of the molecule is CSc1nc(-c2nn(C3CCCCO3)c3ccc(O)cc23)cc(N2CCCC2)n1. The predicted octanol–water partition coefficient (Wildman–Crippen LogP) is 4.22. The monoisotopic (exact) mass is 411 g/mol. The number of phenols is 1. The first kappa shape index (κ1) is 18.7. The zero-order valence-electron chi connectivity index (χ0n) is 16.5. The number of anilines is 1. The van der Waals surface area contributed by atoms with Crippen LogP contribution in [0.5, 0.6) is 5.75 Å². The Morgan fingerprint density at radius 1 is 1.10 bits per heavy atom. The summed E-state index contributed by atoms with van der Waals surface area (Å²) >= 11 is 1.54. The van der Waals surface area contributed by atoms with Gasteiger partial charge in [-0.05, 0) is 56.6 Å². The number of aromatic hydroxyl groups is 1. The van der Waals surface area contributed by atoms with Crippen molar-refractivity contribution in [3.05, 3.63) is 24.3 Å². The van der Waals surface area contributed by atoms with Crippen LogP contribution in [0.3, 0.4) is 0 Å². The molecular formula is C21H25N5O2S. The van der Waals surface area contributed by atoms with Gasteiger partial charge in [0.05, 0.1) is 11.2 Å². The van der Waals surface area contributed by atoms with Crippen molar-refractivity contribution >= 4 is 28.5 Å². The van der Waals surface area contributed by atoms with Crippen molar-refractivity contribution in [1.29, 1.82) is 0 Å². The Bertz CT molecular complexity index is 1030. The van der Waals surface area contributed by atoms with Gasteiger partial charge in [0, 0.05) is 31.1 Å². The lowest BCUT2D eigenvalue weighted by atomic mass is 10.1. The van der Waals surface area contributed by atoms with Crippen molar-refractivity contribution in [3.8, 4) is 17.1 Å². The number of hydrogen-bond donors (Lipinski definition) is 1. The van der Waals surface area contributed by atoms with E-state index in [4.69, 9.17) is 19.8 Å². The van der Waals surface area contributed by atoms with Crippen molar-refractivity contribution in [2.75, 3.05) is 30.9 Å². The molecule has 0 amide bonds. The number of benzene rings is 1. The van der Waals surface area contributed by atoms with Crippen LogP contribution in [-0.4, -0.2) is 50.8 Å². The fourth-order valence-corrected chi connectivity index (χ4v) is 4.56. The topological polar surface area (TPSA) is 76.3 Å². The van der Waals surface area contributed by atoms with E-state index in [2.05, 4.69) is 4.90 Å². The van der Waals surface area contributed by atoms with Crippen LogP contribution < -0.4 is 4.90 Å². The fourth-order valence-electron chi connectivity index (χ4n) is 4.19. The van der Waals surface area contributed by atoms with Crippen LogP contribution in [0.4, 0.5) is 5.82 Å². The summed E-state index contributed by atoms with van der Waals surface area (Å²) in [6.45, 7) is 2.80. The lowest BCUT2D eigenvalue weighted by Gasteiger charge is -2.23. The number of phenolic OH excluding ortho intramolecular Hbond substituents is 1. The third-order valence-electron chi connectivity index (χ3n) is 5.67. The molecule has 4 heterocycles. The maximum absolute atomic E-state index is 10.1. The summed E-state index contributed by atoms with van der Waals surface area (Å²) in [6, 6.07) is 7.42. The largest absolute Gasteiger partial charge is 0.508 e. The molecule has 7 nitrogen and oxygen atoms in total. The van der Waals surface area contributed by atoms with Gasteiger partial charge in [-0.2, -0.15) is 5.10 Å². The summed E-state index contributed by atoms with van der Waals surface area (Å²) in [4.78, 5) is 11.8. The molecule has 2 aliphatic heterocycles. The van der Waals surface area contributed by atoms with Crippen LogP contribution in [0.25, 0.3) is 22.3 Å². The first-order chi connectivity index (χ1) is 14.2. The average molecular weight is 412 g/mol. The average Bonchev–Trinajstić information content (AvgIpc) is 3.42. The van der Waals surface area contributed by atoms with Gasteiger partial charge < -0.3 is 14.7 Å². The highest BCUT2D eigenvalue weighted by atomic mass is 32.2. The summed E-state index contributed by atoms with van der Waals surface area (Å²) in [5.74, 6) is 1.18. The molecule has 2 saturated heterocycles. The van der Waals surface area contributed by atoms with Crippen LogP contribution >= 0.6 is 11.8 Å². The van der Waals surface area contributed by atoms with Crippen LogP contribution in [-0.2, 0) is 4.74 Å². The molecular weight excluding hydrogens is 386 g/mol. The Morgan fingerprint density at radius 2 is 1.97 bits per heavy atom. The Balaban J connectivity index is 1.66. The van der Waals surface area contributed by atoms with E-state index < -0.39 is 0 Å². The van der Waals surface area contributed by atoms with Gasteiger partial charge in [-0.25, -0.2) is 14.6 Å². The summed E-state index contributed by atoms with van der Waals surface area (Å²) in [5, 5.41) is 16.7. The minimum Gasteiger partial charge on any atom is -0.508 e. The highest BCUT2D eigenvalue weighted by Crippen LogP contribution is 2.35. The van der Waals surface area contributed by atoms with E-state index in [1.807, 2.05) is 23.1 Å². The van der Waals surface area contributed by atoms with Crippen LogP contribution in [0.1, 0.15) is 38.3 Å². The van der Waals surface area contributed by atoms with Gasteiger partial charge in [0.25, 0.3) is 0 Å². The smallest absolute Gasteiger partial charge is 0.189 e. The molecule has 8 heteroatoms. The normalized spacial score (nSPS) is 19.9. The molecule has 29 heavy (non-hydrogen) atoms. The summed E-state index contributed by atoms with van der Waals surface area (Å²) in [5.41, 5.74) is 2.51. The van der Waals surface area contributed by atoms with Gasteiger partial charge in [0.2, 0.25) is 0 Å². The number of thioether (sulfide) groups is 1. The van der Waals surface area contributed by atoms with E-state index in [1.165, 1.54) is 24.6 Å². The second-order valence-corrected chi connectivity index (χ2v) is 8.38. The molecule has 0 aliphatic carbocycles. The highest BCUT2D eigenvalue weighted by Gasteiger charge is 2.24. The Hall–Kier alpha value is -2.32. The number of nitrogens with zero attached hydrogens (tertiary/aromatic N) is 5. The molecule has 2 aromatic heterocycles. The van der Waals surface area contributed by atoms with Gasteiger partial charge in [-0.3, -0.25) is 0 Å². The second-order valence-electron chi connectivity index (χ2n) is 7.61. The molecule has 1 unspecified atom stereocenters. The van der Waals surface area contributed by atoms with Crippen molar-refractivity contribution in [1.82, 2.24) is 19.7 Å². The number of rotatable bonds is 4. The standard InChI is InChI=1S/C21H25N5O2S/c1-29-21-22-16(13-18(23-21)25-9-3-4-10-25)20-15-12-14(27)7-8-17(15)26(24-20)19-6-2-5-11-28-19/h7-8,12-13,19,27H,2-6,9-11H2,1H3. The first-order valence-electron chi connectivity index (χ1n) is 10.2. The van der Waals surface area contributed by atoms with Gasteiger partial charge in [-0.1, -0.05) is 11.8 Å². The molecule has 0 saturated carbocycles. The first-order valence-corrected chi connectivity index (χ1v) is 11.5. The maximum atomic E-state index is 10.1. The van der Waals surface area contributed by atoms with E-state index >= 15 is 0 Å². The lowest BCUT2D eigenvalue weighted by molar-refractivity contribution is -0.0365. The zero-order valence-corrected chi connectivity index (χ0v) is 17.4. The predicted molar refractivity (Wildman–Crippen MR) is 114 cm³/mol. The molecule has 0 bridgehead atoms. The number of fused-ring (bicyclic) bond motifs is 1. The molecule has 1 atom stereocenters. The minimum absolute atomic E-state index is 0.0792. The summed E-state index contributed by atoms with van der Waals surface area (Å²) in [7, 11) is 0. The fraction of sp³-hybridized carbons (Fsp3) is 0.476. The van der Waals surface area contributed by atoms with E-state index in [9.17, 15) is 5.11 Å². The maximum Gasteiger partial charge on any atom is 0.189 e. The van der Waals surface area contributed by atoms with E-state index in [0.29, 0.717) is 0 Å². The van der Waals surface area contributed by atoms with Gasteiger partial charge in [0.15, 0.2) is 11.4 Å². The van der Waals surface area contributed by atoms with Gasteiger partial charge in [0.1, 0.15) is 17.3 Å². The molecule has 152 valence electrons. The second kappa shape index (κ2) is 7.84. The van der Waals surface area contributed by atoms with Crippen LogP contribution in [0.2, 0.25) is 0 Å². The molecule has 1 aromatic carbocycles. The van der Waals surface area contributed by atoms with Gasteiger partial charge >= 0.3 is 0 Å². The third kappa shape index (κ3) is 3.55. The quantitative estimate of drug-likeness (QED) is 0.509. The molecule has 0 spiro atoms. The van der Waals surface area contributed by atoms with Crippen LogP contribution in [0, 0.1) is 0 Å². The Morgan fingerprint density at radius 3 is 2.72 bits per heavy atom. The van der Waals surface area contributed by atoms with Crippen molar-refractivity contribution in [3.63, 3.8) is 0 Å². The summed E-state index contributed by atoms with van der Waals surface area (Å²) in [6.07, 6.45) is 7.45. The van der Waals surface area contributed by atoms with Crippen LogP contribution in [0.15, 0.2) is 29.4 Å². The zero-order chi connectivity index (χ0) is 19.8. The third-order valence-corrected chi connectivity index (χ3v) is 6.21. The number of hydrogen-bond acceptors (Lipinski definition) is 7. The molecule has 1 N–H and O–H groups in total. The summed E-state index contributed by atoms with van der Waals surface area (Å²) < 4.78 is 7.95. The highest BCUT2D eigenvalue weighted by molar-refractivity contribution is 7.98. The molecule has 2 aliphatic rings. The Labute approximate surface area is 174 Å². The van der Waals surface area contributed by atoms with Crippen molar-refractivity contribution in [2.24, 2.45) is 0 Å². The van der Waals surface area contributed by atoms with Crippen molar-refractivity contribution in [2.45, 2.75) is 43.5 Å². The van der Waals surface area contributed by atoms with Crippen molar-refractivity contribution < 1.29 is 9.84 Å². The Kier molecular flexibility index (Phi) is 5.05.